The van der Waals surface area contributed by atoms with Crippen molar-refractivity contribution in [2.24, 2.45) is 11.8 Å². The molecule has 1 aromatic heterocycles. The lowest BCUT2D eigenvalue weighted by Gasteiger charge is -2.34. The van der Waals surface area contributed by atoms with E-state index in [0.717, 1.165) is 17.8 Å². The number of piperidine rings is 1. The van der Waals surface area contributed by atoms with E-state index in [0.29, 0.717) is 35.5 Å². The lowest BCUT2D eigenvalue weighted by Crippen LogP contribution is -2.42. The third kappa shape index (κ3) is 3.20. The average molecular weight is 350 g/mol. The summed E-state index contributed by atoms with van der Waals surface area (Å²) in [4.78, 5) is 19.4. The van der Waals surface area contributed by atoms with Crippen LogP contribution >= 0.6 is 11.3 Å². The SMILES string of the molecule is Cc1nc(-c2c(F)cccc2F)sc1C(=O)N1CC(C)CC(C)C1. The first kappa shape index (κ1) is 17.0. The first-order valence-corrected chi connectivity index (χ1v) is 8.89. The summed E-state index contributed by atoms with van der Waals surface area (Å²) in [6, 6.07) is 3.71. The fraction of sp³-hybridized carbons (Fsp3) is 0.444. The molecular formula is C18H20F2N2OS. The van der Waals surface area contributed by atoms with Gasteiger partial charge in [-0.3, -0.25) is 4.79 Å². The maximum Gasteiger partial charge on any atom is 0.265 e. The Morgan fingerprint density at radius 3 is 2.38 bits per heavy atom. The van der Waals surface area contributed by atoms with Crippen LogP contribution in [0.1, 0.15) is 35.6 Å². The van der Waals surface area contributed by atoms with E-state index in [-0.39, 0.29) is 16.5 Å². The molecule has 1 amide bonds. The van der Waals surface area contributed by atoms with Gasteiger partial charge in [0.15, 0.2) is 0 Å². The number of thiazole rings is 1. The van der Waals surface area contributed by atoms with Gasteiger partial charge in [-0.1, -0.05) is 19.9 Å². The predicted molar refractivity (Wildman–Crippen MR) is 91.1 cm³/mol. The van der Waals surface area contributed by atoms with E-state index in [2.05, 4.69) is 18.8 Å². The number of carbonyl (C=O) groups is 1. The van der Waals surface area contributed by atoms with Crippen molar-refractivity contribution >= 4 is 17.2 Å². The Morgan fingerprint density at radius 2 is 1.79 bits per heavy atom. The average Bonchev–Trinajstić information content (AvgIpc) is 2.87. The van der Waals surface area contributed by atoms with Crippen molar-refractivity contribution in [2.45, 2.75) is 27.2 Å². The van der Waals surface area contributed by atoms with Crippen LogP contribution in [0.25, 0.3) is 10.6 Å². The number of likely N-dealkylation sites (tertiary alicyclic amines) is 1. The number of carbonyl (C=O) groups excluding carboxylic acids is 1. The Morgan fingerprint density at radius 1 is 1.21 bits per heavy atom. The molecule has 0 bridgehead atoms. The molecule has 2 unspecified atom stereocenters. The second-order valence-electron chi connectivity index (χ2n) is 6.69. The molecule has 0 aliphatic carbocycles. The lowest BCUT2D eigenvalue weighted by molar-refractivity contribution is 0.0627. The van der Waals surface area contributed by atoms with Crippen molar-refractivity contribution in [1.29, 1.82) is 0 Å². The Kier molecular flexibility index (Phi) is 4.67. The van der Waals surface area contributed by atoms with E-state index in [1.807, 2.05) is 4.90 Å². The lowest BCUT2D eigenvalue weighted by atomic mass is 9.92. The third-order valence-corrected chi connectivity index (χ3v) is 5.49. The molecular weight excluding hydrogens is 330 g/mol. The van der Waals surface area contributed by atoms with Gasteiger partial charge in [0.25, 0.3) is 5.91 Å². The number of amides is 1. The molecule has 2 atom stereocenters. The highest BCUT2D eigenvalue weighted by Crippen LogP contribution is 2.33. The van der Waals surface area contributed by atoms with Gasteiger partial charge in [-0.2, -0.15) is 0 Å². The summed E-state index contributed by atoms with van der Waals surface area (Å²) in [6.45, 7) is 7.40. The predicted octanol–water partition coefficient (Wildman–Crippen LogP) is 4.51. The van der Waals surface area contributed by atoms with E-state index >= 15 is 0 Å². The second-order valence-corrected chi connectivity index (χ2v) is 7.69. The monoisotopic (exact) mass is 350 g/mol. The number of halogens is 2. The smallest absolute Gasteiger partial charge is 0.265 e. The number of hydrogen-bond donors (Lipinski definition) is 0. The molecule has 0 radical (unpaired) electrons. The van der Waals surface area contributed by atoms with E-state index in [1.54, 1.807) is 6.92 Å². The number of nitrogens with zero attached hydrogens (tertiary/aromatic N) is 2. The normalized spacial score (nSPS) is 21.1. The van der Waals surface area contributed by atoms with Crippen LogP contribution in [-0.2, 0) is 0 Å². The molecule has 1 fully saturated rings. The van der Waals surface area contributed by atoms with E-state index < -0.39 is 11.6 Å². The first-order valence-electron chi connectivity index (χ1n) is 8.08. The van der Waals surface area contributed by atoms with E-state index in [4.69, 9.17) is 0 Å². The maximum absolute atomic E-state index is 14.0. The molecule has 0 spiro atoms. The molecule has 0 N–H and O–H groups in total. The molecule has 128 valence electrons. The van der Waals surface area contributed by atoms with Crippen molar-refractivity contribution in [3.8, 4) is 10.6 Å². The molecule has 1 saturated heterocycles. The van der Waals surface area contributed by atoms with Gasteiger partial charge >= 0.3 is 0 Å². The summed E-state index contributed by atoms with van der Waals surface area (Å²) in [7, 11) is 0. The second kappa shape index (κ2) is 6.59. The fourth-order valence-corrected chi connectivity index (χ4v) is 4.46. The van der Waals surface area contributed by atoms with Crippen LogP contribution in [0.5, 0.6) is 0 Å². The van der Waals surface area contributed by atoms with E-state index in [1.165, 1.54) is 18.2 Å². The first-order chi connectivity index (χ1) is 11.4. The minimum Gasteiger partial charge on any atom is -0.337 e. The minimum absolute atomic E-state index is 0.0913. The van der Waals surface area contributed by atoms with Gasteiger partial charge in [0, 0.05) is 13.1 Å². The van der Waals surface area contributed by atoms with Crippen molar-refractivity contribution in [3.05, 3.63) is 40.4 Å². The fourth-order valence-electron chi connectivity index (χ4n) is 3.38. The van der Waals surface area contributed by atoms with Crippen LogP contribution in [0.2, 0.25) is 0 Å². The molecule has 1 aliphatic heterocycles. The Balaban J connectivity index is 1.93. The number of rotatable bonds is 2. The van der Waals surface area contributed by atoms with Gasteiger partial charge in [0.05, 0.1) is 11.3 Å². The molecule has 3 rings (SSSR count). The standard InChI is InChI=1S/C18H20F2N2OS/c1-10-7-11(2)9-22(8-10)18(23)16-12(3)21-17(24-16)15-13(19)5-4-6-14(15)20/h4-6,10-11H,7-9H2,1-3H3. The maximum atomic E-state index is 14.0. The summed E-state index contributed by atoms with van der Waals surface area (Å²) in [5.41, 5.74) is 0.360. The summed E-state index contributed by atoms with van der Waals surface area (Å²) in [5, 5.41) is 0.213. The van der Waals surface area contributed by atoms with Crippen LogP contribution in [0.4, 0.5) is 8.78 Å². The molecule has 1 aliphatic rings. The summed E-state index contributed by atoms with van der Waals surface area (Å²) >= 11 is 1.06. The Labute approximate surface area is 144 Å². The van der Waals surface area contributed by atoms with Gasteiger partial charge in [-0.25, -0.2) is 13.8 Å². The quantitative estimate of drug-likeness (QED) is 0.798. The van der Waals surface area contributed by atoms with Crippen LogP contribution in [-0.4, -0.2) is 28.9 Å². The van der Waals surface area contributed by atoms with Crippen LogP contribution in [0, 0.1) is 30.4 Å². The van der Waals surface area contributed by atoms with Gasteiger partial charge in [0.1, 0.15) is 21.5 Å². The minimum atomic E-state index is -0.664. The molecule has 0 saturated carbocycles. The number of aromatic nitrogens is 1. The van der Waals surface area contributed by atoms with Gasteiger partial charge in [-0.05, 0) is 37.3 Å². The molecule has 3 nitrogen and oxygen atoms in total. The van der Waals surface area contributed by atoms with Crippen molar-refractivity contribution < 1.29 is 13.6 Å². The van der Waals surface area contributed by atoms with Crippen LogP contribution in [0.15, 0.2) is 18.2 Å². The zero-order valence-electron chi connectivity index (χ0n) is 14.0. The molecule has 24 heavy (non-hydrogen) atoms. The molecule has 1 aromatic carbocycles. The van der Waals surface area contributed by atoms with Crippen LogP contribution < -0.4 is 0 Å². The number of hydrogen-bond acceptors (Lipinski definition) is 3. The number of aryl methyl sites for hydroxylation is 1. The summed E-state index contributed by atoms with van der Waals surface area (Å²) in [5.74, 6) is -0.513. The highest BCUT2D eigenvalue weighted by molar-refractivity contribution is 7.17. The molecule has 2 aromatic rings. The summed E-state index contributed by atoms with van der Waals surface area (Å²) in [6.07, 6.45) is 1.11. The zero-order chi connectivity index (χ0) is 17.4. The van der Waals surface area contributed by atoms with Gasteiger partial charge in [0.2, 0.25) is 0 Å². The Hall–Kier alpha value is -1.82. The van der Waals surface area contributed by atoms with Crippen molar-refractivity contribution in [3.63, 3.8) is 0 Å². The Bertz CT molecular complexity index is 744. The topological polar surface area (TPSA) is 33.2 Å². The number of benzene rings is 1. The van der Waals surface area contributed by atoms with Crippen molar-refractivity contribution in [2.75, 3.05) is 13.1 Å². The van der Waals surface area contributed by atoms with Gasteiger partial charge < -0.3 is 4.90 Å². The zero-order valence-corrected chi connectivity index (χ0v) is 14.8. The van der Waals surface area contributed by atoms with Crippen LogP contribution in [0.3, 0.4) is 0 Å². The van der Waals surface area contributed by atoms with Crippen molar-refractivity contribution in [1.82, 2.24) is 9.88 Å². The highest BCUT2D eigenvalue weighted by atomic mass is 32.1. The highest BCUT2D eigenvalue weighted by Gasteiger charge is 2.29. The molecule has 2 heterocycles. The largest absolute Gasteiger partial charge is 0.337 e. The summed E-state index contributed by atoms with van der Waals surface area (Å²) < 4.78 is 27.9. The third-order valence-electron chi connectivity index (χ3n) is 4.32. The van der Waals surface area contributed by atoms with E-state index in [9.17, 15) is 13.6 Å². The van der Waals surface area contributed by atoms with Gasteiger partial charge in [-0.15, -0.1) is 11.3 Å². The molecule has 6 heteroatoms.